The number of hydrogen-bond donors (Lipinski definition) is 0. The number of nitrogens with zero attached hydrogens (tertiary/aromatic N) is 1. The first-order valence-corrected chi connectivity index (χ1v) is 1.75. The van der Waals surface area contributed by atoms with E-state index in [0.717, 1.165) is 12.3 Å². The Bertz CT molecular complexity index is 159. The number of carbonyl (C=O) groups excluding carboxylic acids is 1. The largest absolute Gasteiger partial charge is 0.305 e. The Kier molecular flexibility index (Phi) is 0.749. The lowest BCUT2D eigenvalue weighted by Crippen LogP contribution is -1.84. The molecule has 0 aromatic rings. The standard InChI is InChI=1S/C4H2FNO/c5-3-1-2-6-4(3)7/h1-2H. The van der Waals surface area contributed by atoms with Gasteiger partial charge in [0, 0.05) is 6.21 Å². The fraction of sp³-hybridized carbons (Fsp3) is 0. The van der Waals surface area contributed by atoms with Crippen LogP contribution in [0, 0.1) is 0 Å². The van der Waals surface area contributed by atoms with Gasteiger partial charge in [0.25, 0.3) is 0 Å². The lowest BCUT2D eigenvalue weighted by molar-refractivity contribution is -0.115. The van der Waals surface area contributed by atoms with Crippen molar-refractivity contribution in [3.63, 3.8) is 0 Å². The normalized spacial score (nSPS) is 17.9. The Hall–Kier alpha value is -0.990. The third kappa shape index (κ3) is 0.559. The minimum Gasteiger partial charge on any atom is -0.264 e. The molecule has 3 heteroatoms. The molecule has 0 unspecified atom stereocenters. The summed E-state index contributed by atoms with van der Waals surface area (Å²) in [4.78, 5) is 13.0. The van der Waals surface area contributed by atoms with Gasteiger partial charge in [0.2, 0.25) is 0 Å². The van der Waals surface area contributed by atoms with Crippen LogP contribution in [0.5, 0.6) is 0 Å². The van der Waals surface area contributed by atoms with Crippen molar-refractivity contribution < 1.29 is 9.18 Å². The molecule has 1 rings (SSSR count). The zero-order valence-corrected chi connectivity index (χ0v) is 3.39. The second kappa shape index (κ2) is 1.26. The second-order valence-corrected chi connectivity index (χ2v) is 1.10. The number of aliphatic imine (C=N–C) groups is 1. The van der Waals surface area contributed by atoms with Gasteiger partial charge in [0.05, 0.1) is 0 Å². The number of rotatable bonds is 0. The molecule has 0 saturated heterocycles. The van der Waals surface area contributed by atoms with E-state index in [9.17, 15) is 9.18 Å². The number of allylic oxidation sites excluding steroid dienone is 1. The fourth-order valence-corrected chi connectivity index (χ4v) is 0.303. The molecular formula is C4H2FNO. The maximum Gasteiger partial charge on any atom is 0.305 e. The fourth-order valence-electron chi connectivity index (χ4n) is 0.303. The number of amides is 1. The molecule has 36 valence electrons. The van der Waals surface area contributed by atoms with Crippen molar-refractivity contribution in [3.05, 3.63) is 11.9 Å². The SMILES string of the molecule is O=C1N=CC=C1F. The molecule has 0 radical (unpaired) electrons. The summed E-state index contributed by atoms with van der Waals surface area (Å²) in [6.07, 6.45) is 2.17. The van der Waals surface area contributed by atoms with Crippen molar-refractivity contribution in [3.8, 4) is 0 Å². The maximum atomic E-state index is 11.7. The maximum absolute atomic E-state index is 11.7. The summed E-state index contributed by atoms with van der Waals surface area (Å²) >= 11 is 0. The Morgan fingerprint density at radius 2 is 2.43 bits per heavy atom. The van der Waals surface area contributed by atoms with Gasteiger partial charge >= 0.3 is 5.91 Å². The topological polar surface area (TPSA) is 29.4 Å². The predicted octanol–water partition coefficient (Wildman–Crippen LogP) is 0.451. The third-order valence-corrected chi connectivity index (χ3v) is 0.617. The second-order valence-electron chi connectivity index (χ2n) is 1.10. The molecule has 0 atom stereocenters. The summed E-state index contributed by atoms with van der Waals surface area (Å²) in [6.45, 7) is 0. The van der Waals surface area contributed by atoms with Crippen LogP contribution in [0.2, 0.25) is 0 Å². The summed E-state index contributed by atoms with van der Waals surface area (Å²) in [7, 11) is 0. The van der Waals surface area contributed by atoms with Crippen LogP contribution in [0.4, 0.5) is 4.39 Å². The first kappa shape index (κ1) is 4.18. The summed E-state index contributed by atoms with van der Waals surface area (Å²) in [5.74, 6) is -1.56. The third-order valence-electron chi connectivity index (χ3n) is 0.617. The van der Waals surface area contributed by atoms with Gasteiger partial charge in [0.1, 0.15) is 0 Å². The molecule has 7 heavy (non-hydrogen) atoms. The van der Waals surface area contributed by atoms with Crippen molar-refractivity contribution in [2.75, 3.05) is 0 Å². The van der Waals surface area contributed by atoms with Crippen LogP contribution in [0.3, 0.4) is 0 Å². The van der Waals surface area contributed by atoms with Gasteiger partial charge in [-0.05, 0) is 6.08 Å². The minimum absolute atomic E-state index is 0.778. The van der Waals surface area contributed by atoms with Gasteiger partial charge in [0.15, 0.2) is 5.83 Å². The molecule has 1 amide bonds. The molecule has 0 bridgehead atoms. The van der Waals surface area contributed by atoms with Crippen LogP contribution >= 0.6 is 0 Å². The van der Waals surface area contributed by atoms with Gasteiger partial charge in [-0.2, -0.15) is 0 Å². The zero-order chi connectivity index (χ0) is 5.28. The molecule has 1 aliphatic heterocycles. The summed E-state index contributed by atoms with van der Waals surface area (Å²) in [6, 6.07) is 0. The summed E-state index contributed by atoms with van der Waals surface area (Å²) < 4.78 is 11.7. The molecule has 1 heterocycles. The highest BCUT2D eigenvalue weighted by atomic mass is 19.1. The van der Waals surface area contributed by atoms with Crippen LogP contribution in [0.1, 0.15) is 0 Å². The Morgan fingerprint density at radius 1 is 1.71 bits per heavy atom. The molecule has 0 fully saturated rings. The smallest absolute Gasteiger partial charge is 0.264 e. The zero-order valence-electron chi connectivity index (χ0n) is 3.39. The molecule has 0 aromatic carbocycles. The van der Waals surface area contributed by atoms with Gasteiger partial charge in [-0.25, -0.2) is 9.38 Å². The lowest BCUT2D eigenvalue weighted by atomic mass is 10.5. The van der Waals surface area contributed by atoms with E-state index in [1.807, 2.05) is 0 Å². The predicted molar refractivity (Wildman–Crippen MR) is 22.7 cm³/mol. The first-order chi connectivity index (χ1) is 3.30. The number of halogens is 1. The van der Waals surface area contributed by atoms with Crippen molar-refractivity contribution in [1.82, 2.24) is 0 Å². The molecule has 0 N–H and O–H groups in total. The molecule has 2 nitrogen and oxygen atoms in total. The van der Waals surface area contributed by atoms with Crippen LogP contribution in [-0.4, -0.2) is 12.1 Å². The van der Waals surface area contributed by atoms with E-state index < -0.39 is 11.7 Å². The lowest BCUT2D eigenvalue weighted by Gasteiger charge is -1.73. The molecule has 1 aliphatic rings. The van der Waals surface area contributed by atoms with Gasteiger partial charge < -0.3 is 0 Å². The van der Waals surface area contributed by atoms with Crippen molar-refractivity contribution in [2.24, 2.45) is 4.99 Å². The van der Waals surface area contributed by atoms with E-state index in [0.29, 0.717) is 0 Å². The van der Waals surface area contributed by atoms with Gasteiger partial charge in [-0.1, -0.05) is 0 Å². The van der Waals surface area contributed by atoms with Crippen LogP contribution in [0.25, 0.3) is 0 Å². The van der Waals surface area contributed by atoms with E-state index in [-0.39, 0.29) is 0 Å². The highest BCUT2D eigenvalue weighted by Crippen LogP contribution is 2.01. The van der Waals surface area contributed by atoms with Crippen molar-refractivity contribution in [1.29, 1.82) is 0 Å². The molecular weight excluding hydrogens is 97.0 g/mol. The van der Waals surface area contributed by atoms with E-state index in [2.05, 4.69) is 4.99 Å². The van der Waals surface area contributed by atoms with E-state index in [4.69, 9.17) is 0 Å². The van der Waals surface area contributed by atoms with Crippen LogP contribution < -0.4 is 0 Å². The minimum atomic E-state index is -0.778. The highest BCUT2D eigenvalue weighted by molar-refractivity contribution is 6.06. The van der Waals surface area contributed by atoms with Gasteiger partial charge in [-0.15, -0.1) is 0 Å². The average Bonchev–Trinajstić information content (AvgIpc) is 1.91. The van der Waals surface area contributed by atoms with Crippen molar-refractivity contribution in [2.45, 2.75) is 0 Å². The molecule has 0 saturated carbocycles. The van der Waals surface area contributed by atoms with Gasteiger partial charge in [-0.3, -0.25) is 4.79 Å². The van der Waals surface area contributed by atoms with Crippen molar-refractivity contribution >= 4 is 12.1 Å². The first-order valence-electron chi connectivity index (χ1n) is 1.75. The summed E-state index contributed by atoms with van der Waals surface area (Å²) in [5, 5.41) is 0. The Labute approximate surface area is 39.4 Å². The summed E-state index contributed by atoms with van der Waals surface area (Å²) in [5.41, 5.74) is 0. The molecule has 0 spiro atoms. The van der Waals surface area contributed by atoms with E-state index in [1.54, 1.807) is 0 Å². The van der Waals surface area contributed by atoms with Crippen LogP contribution in [-0.2, 0) is 4.79 Å². The molecule has 0 aliphatic carbocycles. The monoisotopic (exact) mass is 99.0 g/mol. The van der Waals surface area contributed by atoms with E-state index in [1.165, 1.54) is 0 Å². The number of carbonyl (C=O) groups is 1. The average molecular weight is 99.1 g/mol. The quantitative estimate of drug-likeness (QED) is 0.433. The van der Waals surface area contributed by atoms with Crippen LogP contribution in [0.15, 0.2) is 16.9 Å². The Morgan fingerprint density at radius 3 is 2.57 bits per heavy atom. The Balaban J connectivity index is 2.89. The highest BCUT2D eigenvalue weighted by Gasteiger charge is 2.08. The van der Waals surface area contributed by atoms with E-state index >= 15 is 0 Å². The molecule has 0 aromatic heterocycles. The number of hydrogen-bond acceptors (Lipinski definition) is 1.